The van der Waals surface area contributed by atoms with Crippen LogP contribution in [-0.2, 0) is 32.0 Å². The van der Waals surface area contributed by atoms with Gasteiger partial charge in [-0.2, -0.15) is 0 Å². The molecule has 3 unspecified atom stereocenters. The molecule has 1 aromatic rings. The molecule has 2 aliphatic heterocycles. The van der Waals surface area contributed by atoms with E-state index in [1.165, 1.54) is 18.1 Å². The van der Waals surface area contributed by atoms with Crippen LogP contribution < -0.4 is 10.6 Å². The molecule has 3 aliphatic rings. The van der Waals surface area contributed by atoms with Gasteiger partial charge in [-0.3, -0.25) is 14.5 Å². The molecule has 7 nitrogen and oxygen atoms in total. The van der Waals surface area contributed by atoms with Crippen LogP contribution in [0.1, 0.15) is 92.2 Å². The fourth-order valence-electron chi connectivity index (χ4n) is 6.45. The van der Waals surface area contributed by atoms with Crippen molar-refractivity contribution in [1.29, 1.82) is 0 Å². The Kier molecular flexibility index (Phi) is 8.11. The van der Waals surface area contributed by atoms with Crippen LogP contribution in [0.4, 0.5) is 0 Å². The Morgan fingerprint density at radius 1 is 1.03 bits per heavy atom. The zero-order valence-electron chi connectivity index (χ0n) is 24.8. The lowest BCUT2D eigenvalue weighted by molar-refractivity contribution is -0.140. The lowest BCUT2D eigenvalue weighted by atomic mass is 9.64. The van der Waals surface area contributed by atoms with Crippen molar-refractivity contribution < 1.29 is 18.9 Å². The Hall–Kier alpha value is -1.90. The lowest BCUT2D eigenvalue weighted by Crippen LogP contribution is -2.68. The number of benzene rings is 1. The second-order valence-corrected chi connectivity index (χ2v) is 13.9. The van der Waals surface area contributed by atoms with Gasteiger partial charge in [0.25, 0.3) is 0 Å². The van der Waals surface area contributed by atoms with Gasteiger partial charge >= 0.3 is 7.12 Å². The highest BCUT2D eigenvalue weighted by atomic mass is 16.7. The third kappa shape index (κ3) is 6.29. The average molecular weight is 526 g/mol. The summed E-state index contributed by atoms with van der Waals surface area (Å²) >= 11 is 0. The molecule has 2 fully saturated rings. The molecule has 0 aromatic heterocycles. The fourth-order valence-corrected chi connectivity index (χ4v) is 6.45. The maximum atomic E-state index is 14.1. The van der Waals surface area contributed by atoms with Crippen LogP contribution in [0.3, 0.4) is 0 Å². The van der Waals surface area contributed by atoms with Crippen molar-refractivity contribution in [2.24, 2.45) is 11.8 Å². The Bertz CT molecular complexity index is 996. The van der Waals surface area contributed by atoms with E-state index in [4.69, 9.17) is 9.31 Å². The predicted octanol–water partition coefficient (Wildman–Crippen LogP) is 4.69. The van der Waals surface area contributed by atoms with Gasteiger partial charge < -0.3 is 19.9 Å². The number of rotatable bonds is 7. The molecule has 0 bridgehead atoms. The molecule has 2 N–H and O–H groups in total. The van der Waals surface area contributed by atoms with Crippen LogP contribution in [-0.4, -0.2) is 52.7 Å². The number of nitrogens with one attached hydrogen (secondary N) is 2. The number of hydrogen-bond donors (Lipinski definition) is 2. The van der Waals surface area contributed by atoms with Crippen molar-refractivity contribution in [3.8, 4) is 0 Å². The van der Waals surface area contributed by atoms with E-state index in [1.807, 2.05) is 20.8 Å². The standard InChI is InChI=1S/C30H48BN3O4/c1-21(35)32-30(26(36)33-27(2,3)4)17-22(15-16-31-37-28(5,6)29(7,8)38-31)13-14-25(30)20-34-18-23-11-9-10-12-24(23)19-34/h9-12,22,25H,13-20H2,1-8H3,(H,32,35)(H,33,36). The van der Waals surface area contributed by atoms with Crippen LogP contribution in [0, 0.1) is 11.8 Å². The molecule has 0 radical (unpaired) electrons. The maximum Gasteiger partial charge on any atom is 0.457 e. The normalized spacial score (nSPS) is 28.7. The minimum absolute atomic E-state index is 0.0242. The van der Waals surface area contributed by atoms with Gasteiger partial charge in [0.15, 0.2) is 0 Å². The molecule has 210 valence electrons. The van der Waals surface area contributed by atoms with E-state index < -0.39 is 11.1 Å². The van der Waals surface area contributed by atoms with Crippen molar-refractivity contribution >= 4 is 18.9 Å². The number of hydrogen-bond acceptors (Lipinski definition) is 5. The summed E-state index contributed by atoms with van der Waals surface area (Å²) in [5.41, 5.74) is 0.657. The Balaban J connectivity index is 1.53. The highest BCUT2D eigenvalue weighted by Gasteiger charge is 2.53. The second kappa shape index (κ2) is 10.6. The van der Waals surface area contributed by atoms with E-state index in [9.17, 15) is 9.59 Å². The van der Waals surface area contributed by atoms with Gasteiger partial charge in [-0.1, -0.05) is 30.7 Å². The largest absolute Gasteiger partial charge is 0.457 e. The van der Waals surface area contributed by atoms with E-state index in [0.717, 1.165) is 45.2 Å². The molecule has 2 amide bonds. The van der Waals surface area contributed by atoms with E-state index in [2.05, 4.69) is 67.5 Å². The van der Waals surface area contributed by atoms with Gasteiger partial charge in [0.2, 0.25) is 11.8 Å². The predicted molar refractivity (Wildman–Crippen MR) is 151 cm³/mol. The molecular weight excluding hydrogens is 477 g/mol. The molecule has 1 saturated heterocycles. The van der Waals surface area contributed by atoms with Crippen LogP contribution in [0.5, 0.6) is 0 Å². The van der Waals surface area contributed by atoms with E-state index in [-0.39, 0.29) is 36.1 Å². The zero-order chi connectivity index (χ0) is 27.9. The summed E-state index contributed by atoms with van der Waals surface area (Å²) in [7, 11) is -0.251. The Labute approximate surface area is 229 Å². The van der Waals surface area contributed by atoms with Crippen LogP contribution >= 0.6 is 0 Å². The highest BCUT2D eigenvalue weighted by molar-refractivity contribution is 6.45. The molecular formula is C30H48BN3O4. The SMILES string of the molecule is CC(=O)NC1(C(=O)NC(C)(C)C)CC(CCB2OC(C)(C)C(C)(C)O2)CCC1CN1Cc2ccccc2C1. The van der Waals surface area contributed by atoms with E-state index >= 15 is 0 Å². The van der Waals surface area contributed by atoms with Gasteiger partial charge in [0, 0.05) is 38.0 Å². The zero-order valence-corrected chi connectivity index (χ0v) is 24.8. The Morgan fingerprint density at radius 2 is 1.61 bits per heavy atom. The van der Waals surface area contributed by atoms with Crippen LogP contribution in [0.2, 0.25) is 6.32 Å². The van der Waals surface area contributed by atoms with Crippen molar-refractivity contribution in [3.63, 3.8) is 0 Å². The van der Waals surface area contributed by atoms with Crippen molar-refractivity contribution in [1.82, 2.24) is 15.5 Å². The van der Waals surface area contributed by atoms with Crippen molar-refractivity contribution in [3.05, 3.63) is 35.4 Å². The fraction of sp³-hybridized carbons (Fsp3) is 0.733. The summed E-state index contributed by atoms with van der Waals surface area (Å²) in [6, 6.07) is 8.56. The molecule has 8 heteroatoms. The monoisotopic (exact) mass is 525 g/mol. The van der Waals surface area contributed by atoms with Gasteiger partial charge in [-0.25, -0.2) is 0 Å². The van der Waals surface area contributed by atoms with E-state index in [1.54, 1.807) is 0 Å². The smallest absolute Gasteiger partial charge is 0.403 e. The molecule has 3 atom stereocenters. The summed E-state index contributed by atoms with van der Waals surface area (Å²) in [5.74, 6) is 0.0902. The number of nitrogens with zero attached hydrogens (tertiary/aromatic N) is 1. The van der Waals surface area contributed by atoms with E-state index in [0.29, 0.717) is 12.3 Å². The van der Waals surface area contributed by atoms with Gasteiger partial charge in [-0.05, 0) is 91.1 Å². The lowest BCUT2D eigenvalue weighted by Gasteiger charge is -2.48. The first-order valence-corrected chi connectivity index (χ1v) is 14.4. The molecule has 2 heterocycles. The first kappa shape index (κ1) is 29.1. The number of amides is 2. The summed E-state index contributed by atoms with van der Waals surface area (Å²) in [6.45, 7) is 18.4. The first-order valence-electron chi connectivity index (χ1n) is 14.4. The second-order valence-electron chi connectivity index (χ2n) is 13.9. The Morgan fingerprint density at radius 3 is 2.13 bits per heavy atom. The minimum atomic E-state index is -0.952. The topological polar surface area (TPSA) is 79.9 Å². The van der Waals surface area contributed by atoms with Gasteiger partial charge in [0.05, 0.1) is 11.2 Å². The van der Waals surface area contributed by atoms with Crippen LogP contribution in [0.15, 0.2) is 24.3 Å². The number of fused-ring (bicyclic) bond motifs is 1. The molecule has 1 saturated carbocycles. The summed E-state index contributed by atoms with van der Waals surface area (Å²) < 4.78 is 12.5. The van der Waals surface area contributed by atoms with Crippen molar-refractivity contribution in [2.75, 3.05) is 6.54 Å². The third-order valence-corrected chi connectivity index (χ3v) is 9.02. The summed E-state index contributed by atoms with van der Waals surface area (Å²) in [4.78, 5) is 29.1. The number of carbonyl (C=O) groups is 2. The van der Waals surface area contributed by atoms with Gasteiger partial charge in [-0.15, -0.1) is 0 Å². The molecule has 4 rings (SSSR count). The molecule has 38 heavy (non-hydrogen) atoms. The summed E-state index contributed by atoms with van der Waals surface area (Å²) in [6.07, 6.45) is 4.21. The highest BCUT2D eigenvalue weighted by Crippen LogP contribution is 2.43. The maximum absolute atomic E-state index is 14.1. The van der Waals surface area contributed by atoms with Crippen molar-refractivity contribution in [2.45, 2.75) is 123 Å². The quantitative estimate of drug-likeness (QED) is 0.505. The molecule has 1 aliphatic carbocycles. The van der Waals surface area contributed by atoms with Crippen LogP contribution in [0.25, 0.3) is 0 Å². The average Bonchev–Trinajstić information content (AvgIpc) is 3.28. The molecule has 1 aromatic carbocycles. The molecule has 0 spiro atoms. The third-order valence-electron chi connectivity index (χ3n) is 9.02. The minimum Gasteiger partial charge on any atom is -0.403 e. The number of carbonyl (C=O) groups excluding carboxylic acids is 2. The first-order chi connectivity index (χ1) is 17.6. The summed E-state index contributed by atoms with van der Waals surface area (Å²) in [5, 5.41) is 6.43. The van der Waals surface area contributed by atoms with Gasteiger partial charge in [0.1, 0.15) is 5.54 Å².